The number of nitrogens with two attached hydrogens (primary N) is 1. The number of nitrogens with zero attached hydrogens (tertiary/aromatic N) is 1. The Kier molecular flexibility index (Phi) is 2.22. The molecule has 0 atom stereocenters. The Morgan fingerprint density at radius 2 is 1.63 bits per heavy atom. The molecule has 1 aromatic rings. The van der Waals surface area contributed by atoms with Crippen LogP contribution in [-0.2, 0) is 12.5 Å². The predicted octanol–water partition coefficient (Wildman–Crippen LogP) is 2.44. The topological polar surface area (TPSA) is 48.0 Å². The fourth-order valence-electron chi connectivity index (χ4n) is 5.61. The van der Waals surface area contributed by atoms with Gasteiger partial charge in [0.05, 0.1) is 5.69 Å². The third-order valence-corrected chi connectivity index (χ3v) is 5.92. The second-order valence-corrected chi connectivity index (χ2v) is 7.24. The molecular weight excluding hydrogens is 236 g/mol. The molecule has 0 saturated heterocycles. The molecule has 3 heteroatoms. The molecule has 19 heavy (non-hydrogen) atoms. The minimum Gasteiger partial charge on any atom is -0.394 e. The fourth-order valence-corrected chi connectivity index (χ4v) is 5.61. The van der Waals surface area contributed by atoms with Gasteiger partial charge in [-0.05, 0) is 68.4 Å². The number of hydrogen-bond donors (Lipinski definition) is 1. The van der Waals surface area contributed by atoms with Gasteiger partial charge in [-0.25, -0.2) is 0 Å². The van der Waals surface area contributed by atoms with Crippen LogP contribution in [0.2, 0.25) is 0 Å². The van der Waals surface area contributed by atoms with Gasteiger partial charge in [-0.2, -0.15) is 0 Å². The van der Waals surface area contributed by atoms with Crippen molar-refractivity contribution in [1.82, 2.24) is 4.57 Å². The summed E-state index contributed by atoms with van der Waals surface area (Å²) in [5, 5.41) is 0. The van der Waals surface area contributed by atoms with Gasteiger partial charge in [0.1, 0.15) is 0 Å². The van der Waals surface area contributed by atoms with Crippen LogP contribution >= 0.6 is 0 Å². The minimum absolute atomic E-state index is 0.0201. The molecule has 1 heterocycles. The zero-order chi connectivity index (χ0) is 13.2. The Balaban J connectivity index is 1.84. The van der Waals surface area contributed by atoms with Crippen molar-refractivity contribution < 1.29 is 0 Å². The van der Waals surface area contributed by atoms with E-state index in [-0.39, 0.29) is 11.0 Å². The maximum absolute atomic E-state index is 12.1. The predicted molar refractivity (Wildman–Crippen MR) is 75.9 cm³/mol. The molecule has 0 amide bonds. The van der Waals surface area contributed by atoms with Crippen molar-refractivity contribution in [3.05, 3.63) is 28.2 Å². The third kappa shape index (κ3) is 1.53. The summed E-state index contributed by atoms with van der Waals surface area (Å²) in [6, 6.07) is 3.93. The molecule has 0 aromatic carbocycles. The Hall–Kier alpha value is -1.25. The first kappa shape index (κ1) is 11.6. The lowest BCUT2D eigenvalue weighted by molar-refractivity contribution is -0.00885. The monoisotopic (exact) mass is 258 g/mol. The third-order valence-electron chi connectivity index (χ3n) is 5.92. The lowest BCUT2D eigenvalue weighted by Gasteiger charge is -2.57. The first-order valence-corrected chi connectivity index (χ1v) is 7.53. The molecule has 4 fully saturated rings. The van der Waals surface area contributed by atoms with Crippen molar-refractivity contribution in [2.24, 2.45) is 24.8 Å². The van der Waals surface area contributed by atoms with Crippen LogP contribution in [0, 0.1) is 17.8 Å². The summed E-state index contributed by atoms with van der Waals surface area (Å²) < 4.78 is 1.82. The van der Waals surface area contributed by atoms with E-state index in [1.54, 1.807) is 0 Å². The molecular formula is C16H22N2O. The Labute approximate surface area is 113 Å². The van der Waals surface area contributed by atoms with Crippen LogP contribution in [0.5, 0.6) is 0 Å². The van der Waals surface area contributed by atoms with Gasteiger partial charge in [-0.15, -0.1) is 0 Å². The van der Waals surface area contributed by atoms with Crippen molar-refractivity contribution in [1.29, 1.82) is 0 Å². The van der Waals surface area contributed by atoms with Gasteiger partial charge < -0.3 is 10.3 Å². The standard InChI is InChI=1S/C16H22N2O/c1-18-14(3-2-13(17)15(18)19)16-7-10-4-11(8-16)6-12(5-10)9-16/h2-3,10-12H,4-9,17H2,1H3. The molecule has 2 N–H and O–H groups in total. The van der Waals surface area contributed by atoms with E-state index in [9.17, 15) is 4.79 Å². The summed E-state index contributed by atoms with van der Waals surface area (Å²) in [4.78, 5) is 12.1. The van der Waals surface area contributed by atoms with Crippen LogP contribution in [0.4, 0.5) is 5.69 Å². The van der Waals surface area contributed by atoms with Crippen molar-refractivity contribution in [3.8, 4) is 0 Å². The molecule has 5 rings (SSSR count). The van der Waals surface area contributed by atoms with Crippen LogP contribution in [0.15, 0.2) is 16.9 Å². The summed E-state index contributed by atoms with van der Waals surface area (Å²) >= 11 is 0. The lowest BCUT2D eigenvalue weighted by Crippen LogP contribution is -2.50. The molecule has 4 saturated carbocycles. The van der Waals surface area contributed by atoms with Crippen LogP contribution in [0.1, 0.15) is 44.2 Å². The van der Waals surface area contributed by atoms with Crippen molar-refractivity contribution in [2.75, 3.05) is 5.73 Å². The molecule has 0 spiro atoms. The fraction of sp³-hybridized carbons (Fsp3) is 0.688. The van der Waals surface area contributed by atoms with Crippen LogP contribution in [0.3, 0.4) is 0 Å². The van der Waals surface area contributed by atoms with E-state index in [1.807, 2.05) is 17.7 Å². The Morgan fingerprint density at radius 1 is 1.11 bits per heavy atom. The number of hydrogen-bond acceptors (Lipinski definition) is 2. The number of aromatic nitrogens is 1. The quantitative estimate of drug-likeness (QED) is 0.841. The van der Waals surface area contributed by atoms with Gasteiger partial charge in [0.2, 0.25) is 0 Å². The SMILES string of the molecule is Cn1c(C23CC4CC(CC(C4)C2)C3)ccc(N)c1=O. The van der Waals surface area contributed by atoms with Gasteiger partial charge >= 0.3 is 0 Å². The number of anilines is 1. The first-order valence-electron chi connectivity index (χ1n) is 7.53. The lowest BCUT2D eigenvalue weighted by atomic mass is 9.48. The Morgan fingerprint density at radius 3 is 2.16 bits per heavy atom. The second kappa shape index (κ2) is 3.65. The Bertz CT molecular complexity index is 552. The molecule has 0 aliphatic heterocycles. The highest BCUT2D eigenvalue weighted by Gasteiger charge is 2.52. The summed E-state index contributed by atoms with van der Waals surface area (Å²) in [7, 11) is 1.90. The molecule has 4 aliphatic carbocycles. The van der Waals surface area contributed by atoms with E-state index in [4.69, 9.17) is 5.73 Å². The van der Waals surface area contributed by atoms with Gasteiger partial charge in [0, 0.05) is 18.2 Å². The van der Waals surface area contributed by atoms with Gasteiger partial charge in [-0.1, -0.05) is 0 Å². The highest BCUT2D eigenvalue weighted by molar-refractivity contribution is 5.38. The zero-order valence-electron chi connectivity index (χ0n) is 11.6. The molecule has 4 aliphatic rings. The van der Waals surface area contributed by atoms with Crippen molar-refractivity contribution in [2.45, 2.75) is 43.9 Å². The van der Waals surface area contributed by atoms with Gasteiger partial charge in [0.25, 0.3) is 5.56 Å². The molecule has 0 radical (unpaired) electrons. The number of nitrogen functional groups attached to an aromatic ring is 1. The first-order chi connectivity index (χ1) is 9.07. The highest BCUT2D eigenvalue weighted by Crippen LogP contribution is 2.60. The summed E-state index contributed by atoms with van der Waals surface area (Å²) in [6.45, 7) is 0. The molecule has 0 unspecified atom stereocenters. The summed E-state index contributed by atoms with van der Waals surface area (Å²) in [5.74, 6) is 2.71. The van der Waals surface area contributed by atoms with Crippen molar-refractivity contribution in [3.63, 3.8) is 0 Å². The maximum atomic E-state index is 12.1. The van der Waals surface area contributed by atoms with Gasteiger partial charge in [0.15, 0.2) is 0 Å². The van der Waals surface area contributed by atoms with Crippen LogP contribution in [-0.4, -0.2) is 4.57 Å². The van der Waals surface area contributed by atoms with E-state index in [1.165, 1.54) is 44.2 Å². The maximum Gasteiger partial charge on any atom is 0.273 e. The van der Waals surface area contributed by atoms with E-state index < -0.39 is 0 Å². The van der Waals surface area contributed by atoms with Gasteiger partial charge in [-0.3, -0.25) is 4.79 Å². The number of pyridine rings is 1. The van der Waals surface area contributed by atoms with Crippen LogP contribution < -0.4 is 11.3 Å². The zero-order valence-corrected chi connectivity index (χ0v) is 11.6. The number of rotatable bonds is 1. The van der Waals surface area contributed by atoms with E-state index in [0.717, 1.165) is 17.8 Å². The molecule has 1 aromatic heterocycles. The van der Waals surface area contributed by atoms with Crippen molar-refractivity contribution >= 4 is 5.69 Å². The normalized spacial score (nSPS) is 39.7. The van der Waals surface area contributed by atoms with E-state index in [2.05, 4.69) is 6.07 Å². The summed E-state index contributed by atoms with van der Waals surface area (Å²) in [6.07, 6.45) is 8.16. The van der Waals surface area contributed by atoms with E-state index >= 15 is 0 Å². The molecule has 4 bridgehead atoms. The second-order valence-electron chi connectivity index (χ2n) is 7.24. The largest absolute Gasteiger partial charge is 0.394 e. The van der Waals surface area contributed by atoms with Crippen LogP contribution in [0.25, 0.3) is 0 Å². The highest BCUT2D eigenvalue weighted by atomic mass is 16.1. The smallest absolute Gasteiger partial charge is 0.273 e. The average molecular weight is 258 g/mol. The molecule has 3 nitrogen and oxygen atoms in total. The van der Waals surface area contributed by atoms with E-state index in [0.29, 0.717) is 5.69 Å². The minimum atomic E-state index is -0.0201. The average Bonchev–Trinajstić information content (AvgIpc) is 2.34. The summed E-state index contributed by atoms with van der Waals surface area (Å²) in [5.41, 5.74) is 7.61. The molecule has 102 valence electrons.